The van der Waals surface area contributed by atoms with Crippen LogP contribution in [0.15, 0.2) is 4.42 Å². The van der Waals surface area contributed by atoms with Crippen LogP contribution in [0.1, 0.15) is 18.7 Å². The lowest BCUT2D eigenvalue weighted by Gasteiger charge is -2.24. The normalized spacial score (nSPS) is 23.2. The molecule has 1 aromatic heterocycles. The predicted octanol–water partition coefficient (Wildman–Crippen LogP) is -0.444. The van der Waals surface area contributed by atoms with Gasteiger partial charge in [0.05, 0.1) is 18.1 Å². The largest absolute Gasteiger partial charge is 0.407 e. The van der Waals surface area contributed by atoms with E-state index in [9.17, 15) is 8.42 Å². The molecule has 0 unspecified atom stereocenters. The van der Waals surface area contributed by atoms with Crippen molar-refractivity contribution in [1.29, 1.82) is 0 Å². The molecule has 1 aromatic rings. The van der Waals surface area contributed by atoms with Crippen LogP contribution in [0.2, 0.25) is 0 Å². The zero-order chi connectivity index (χ0) is 12.6. The van der Waals surface area contributed by atoms with Crippen molar-refractivity contribution in [2.75, 3.05) is 29.5 Å². The summed E-state index contributed by atoms with van der Waals surface area (Å²) in [6.07, 6.45) is 2.43. The lowest BCUT2D eigenvalue weighted by Crippen LogP contribution is -2.40. The van der Waals surface area contributed by atoms with Crippen molar-refractivity contribution < 1.29 is 12.8 Å². The second kappa shape index (κ2) is 4.51. The molecule has 18 heavy (non-hydrogen) atoms. The summed E-state index contributed by atoms with van der Waals surface area (Å²) in [7, 11) is -2.87. The molecule has 7 nitrogen and oxygen atoms in total. The molecule has 0 spiro atoms. The van der Waals surface area contributed by atoms with Crippen molar-refractivity contribution in [3.63, 3.8) is 0 Å². The molecule has 1 N–H and O–H groups in total. The molecule has 2 aliphatic rings. The van der Waals surface area contributed by atoms with Crippen molar-refractivity contribution in [3.8, 4) is 0 Å². The maximum Gasteiger partial charge on any atom is 0.318 e. The number of hydrogen-bond acceptors (Lipinski definition) is 7. The molecule has 1 saturated carbocycles. The third-order valence-electron chi connectivity index (χ3n) is 3.19. The van der Waals surface area contributed by atoms with Gasteiger partial charge >= 0.3 is 6.01 Å². The van der Waals surface area contributed by atoms with Crippen LogP contribution in [0.5, 0.6) is 0 Å². The van der Waals surface area contributed by atoms with Crippen LogP contribution in [-0.4, -0.2) is 49.3 Å². The molecule has 0 bridgehead atoms. The van der Waals surface area contributed by atoms with Crippen LogP contribution in [0.4, 0.5) is 6.01 Å². The SMILES string of the molecule is O=S1(=O)CCN(c2nnc(CNC3CC3)o2)CC1. The number of anilines is 1. The van der Waals surface area contributed by atoms with E-state index in [2.05, 4.69) is 15.5 Å². The molecular formula is C10H16N4O3S. The molecule has 2 fully saturated rings. The lowest BCUT2D eigenvalue weighted by molar-refractivity contribution is 0.460. The van der Waals surface area contributed by atoms with Gasteiger partial charge in [0, 0.05) is 19.1 Å². The predicted molar refractivity (Wildman–Crippen MR) is 65.0 cm³/mol. The Morgan fingerprint density at radius 2 is 2.00 bits per heavy atom. The van der Waals surface area contributed by atoms with Crippen LogP contribution in [0, 0.1) is 0 Å². The summed E-state index contributed by atoms with van der Waals surface area (Å²) in [5, 5.41) is 11.2. The molecule has 0 amide bonds. The maximum absolute atomic E-state index is 11.3. The molecule has 0 radical (unpaired) electrons. The molecular weight excluding hydrogens is 256 g/mol. The van der Waals surface area contributed by atoms with Gasteiger partial charge in [-0.3, -0.25) is 0 Å². The van der Waals surface area contributed by atoms with Gasteiger partial charge in [-0.2, -0.15) is 0 Å². The van der Waals surface area contributed by atoms with E-state index in [0.717, 1.165) is 0 Å². The summed E-state index contributed by atoms with van der Waals surface area (Å²) in [5.74, 6) is 0.876. The summed E-state index contributed by atoms with van der Waals surface area (Å²) < 4.78 is 28.1. The van der Waals surface area contributed by atoms with Crippen LogP contribution in [0.3, 0.4) is 0 Å². The zero-order valence-electron chi connectivity index (χ0n) is 10.0. The summed E-state index contributed by atoms with van der Waals surface area (Å²) in [4.78, 5) is 1.83. The van der Waals surface area contributed by atoms with Gasteiger partial charge in [0.15, 0.2) is 9.84 Å². The van der Waals surface area contributed by atoms with E-state index in [1.807, 2.05) is 4.90 Å². The van der Waals surface area contributed by atoms with Gasteiger partial charge in [0.25, 0.3) is 0 Å². The molecule has 3 rings (SSSR count). The Labute approximate surface area is 105 Å². The fraction of sp³-hybridized carbons (Fsp3) is 0.800. The lowest BCUT2D eigenvalue weighted by atomic mass is 10.5. The minimum Gasteiger partial charge on any atom is -0.407 e. The van der Waals surface area contributed by atoms with E-state index >= 15 is 0 Å². The summed E-state index contributed by atoms with van der Waals surface area (Å²) in [6.45, 7) is 1.45. The fourth-order valence-electron chi connectivity index (χ4n) is 1.87. The van der Waals surface area contributed by atoms with Gasteiger partial charge in [0.1, 0.15) is 0 Å². The Balaban J connectivity index is 1.58. The third-order valence-corrected chi connectivity index (χ3v) is 4.80. The quantitative estimate of drug-likeness (QED) is 0.794. The van der Waals surface area contributed by atoms with E-state index < -0.39 is 9.84 Å². The van der Waals surface area contributed by atoms with E-state index in [4.69, 9.17) is 4.42 Å². The number of sulfone groups is 1. The van der Waals surface area contributed by atoms with E-state index in [0.29, 0.717) is 37.6 Å². The van der Waals surface area contributed by atoms with E-state index in [1.165, 1.54) is 12.8 Å². The van der Waals surface area contributed by atoms with Crippen molar-refractivity contribution in [1.82, 2.24) is 15.5 Å². The number of aromatic nitrogens is 2. The molecule has 1 aliphatic heterocycles. The summed E-state index contributed by atoms with van der Waals surface area (Å²) >= 11 is 0. The van der Waals surface area contributed by atoms with Crippen LogP contribution in [-0.2, 0) is 16.4 Å². The van der Waals surface area contributed by atoms with E-state index in [-0.39, 0.29) is 11.5 Å². The topological polar surface area (TPSA) is 88.3 Å². The Morgan fingerprint density at radius 3 is 2.67 bits per heavy atom. The minimum atomic E-state index is -2.87. The Morgan fingerprint density at radius 1 is 1.28 bits per heavy atom. The van der Waals surface area contributed by atoms with Gasteiger partial charge in [-0.15, -0.1) is 5.10 Å². The average Bonchev–Trinajstić information content (AvgIpc) is 3.05. The van der Waals surface area contributed by atoms with E-state index in [1.54, 1.807) is 0 Å². The van der Waals surface area contributed by atoms with Gasteiger partial charge in [0.2, 0.25) is 5.89 Å². The first-order valence-corrected chi connectivity index (χ1v) is 7.96. The number of hydrogen-bond donors (Lipinski definition) is 1. The molecule has 2 heterocycles. The van der Waals surface area contributed by atoms with Gasteiger partial charge in [-0.05, 0) is 12.8 Å². The smallest absolute Gasteiger partial charge is 0.318 e. The molecule has 8 heteroatoms. The maximum atomic E-state index is 11.3. The van der Waals surface area contributed by atoms with Crippen molar-refractivity contribution in [2.24, 2.45) is 0 Å². The molecule has 1 saturated heterocycles. The monoisotopic (exact) mass is 272 g/mol. The number of nitrogens with zero attached hydrogens (tertiary/aromatic N) is 3. The van der Waals surface area contributed by atoms with Crippen molar-refractivity contribution in [2.45, 2.75) is 25.4 Å². The minimum absolute atomic E-state index is 0.158. The first-order valence-electron chi connectivity index (χ1n) is 6.13. The van der Waals surface area contributed by atoms with Gasteiger partial charge in [-0.1, -0.05) is 5.10 Å². The standard InChI is InChI=1S/C10H16N4O3S/c15-18(16)5-3-14(4-6-18)10-13-12-9(17-10)7-11-8-1-2-8/h8,11H,1-7H2. The average molecular weight is 272 g/mol. The van der Waals surface area contributed by atoms with Crippen LogP contribution < -0.4 is 10.2 Å². The van der Waals surface area contributed by atoms with Crippen molar-refractivity contribution >= 4 is 15.9 Å². The highest BCUT2D eigenvalue weighted by molar-refractivity contribution is 7.91. The molecule has 100 valence electrons. The van der Waals surface area contributed by atoms with Gasteiger partial charge < -0.3 is 14.6 Å². The van der Waals surface area contributed by atoms with Crippen LogP contribution in [0.25, 0.3) is 0 Å². The van der Waals surface area contributed by atoms with Gasteiger partial charge in [-0.25, -0.2) is 8.42 Å². The second-order valence-electron chi connectivity index (χ2n) is 4.77. The highest BCUT2D eigenvalue weighted by Gasteiger charge is 2.25. The zero-order valence-corrected chi connectivity index (χ0v) is 10.8. The Kier molecular flexibility index (Phi) is 2.98. The highest BCUT2D eigenvalue weighted by atomic mass is 32.2. The highest BCUT2D eigenvalue weighted by Crippen LogP contribution is 2.20. The Bertz CT molecular complexity index is 509. The van der Waals surface area contributed by atoms with Crippen molar-refractivity contribution in [3.05, 3.63) is 5.89 Å². The summed E-state index contributed by atoms with van der Waals surface area (Å²) in [6, 6.07) is 1.03. The first-order chi connectivity index (χ1) is 8.62. The molecule has 1 aliphatic carbocycles. The van der Waals surface area contributed by atoms with Crippen LogP contribution >= 0.6 is 0 Å². The molecule has 0 aromatic carbocycles. The first kappa shape index (κ1) is 11.9. The fourth-order valence-corrected chi connectivity index (χ4v) is 3.07. The third kappa shape index (κ3) is 2.81. The second-order valence-corrected chi connectivity index (χ2v) is 7.08. The Hall–Kier alpha value is -1.15. The number of nitrogens with one attached hydrogen (secondary N) is 1. The summed E-state index contributed by atoms with van der Waals surface area (Å²) in [5.41, 5.74) is 0. The number of rotatable bonds is 4. The molecule has 0 atom stereocenters.